The number of aliphatic hydroxyl groups is 1. The van der Waals surface area contributed by atoms with Crippen LogP contribution in [0.25, 0.3) is 0 Å². The summed E-state index contributed by atoms with van der Waals surface area (Å²) in [6.45, 7) is 16.7. The number of esters is 1. The number of fused-ring (bicyclic) bond motifs is 5. The largest absolute Gasteiger partial charge is 0.467 e. The van der Waals surface area contributed by atoms with Crippen LogP contribution in [0.1, 0.15) is 106 Å². The highest BCUT2D eigenvalue weighted by atomic mass is 16.7. The first-order valence-electron chi connectivity index (χ1n) is 14.4. The van der Waals surface area contributed by atoms with E-state index in [2.05, 4.69) is 47.6 Å². The fraction of sp³-hybridized carbons (Fsp3) is 0.903. The summed E-state index contributed by atoms with van der Waals surface area (Å²) in [4.78, 5) is 12.0. The van der Waals surface area contributed by atoms with Gasteiger partial charge >= 0.3 is 5.97 Å². The Morgan fingerprint density at radius 2 is 1.80 bits per heavy atom. The van der Waals surface area contributed by atoms with Crippen molar-refractivity contribution in [3.05, 3.63) is 11.6 Å². The highest BCUT2D eigenvalue weighted by Crippen LogP contribution is 2.73. The molecule has 4 heteroatoms. The van der Waals surface area contributed by atoms with E-state index in [0.29, 0.717) is 34.5 Å². The van der Waals surface area contributed by atoms with Crippen molar-refractivity contribution in [3.63, 3.8) is 0 Å². The van der Waals surface area contributed by atoms with Gasteiger partial charge < -0.3 is 14.6 Å². The maximum atomic E-state index is 12.0. The first-order chi connectivity index (χ1) is 16.3. The molecule has 0 aromatic heterocycles. The zero-order valence-electron chi connectivity index (χ0n) is 23.6. The van der Waals surface area contributed by atoms with Crippen molar-refractivity contribution in [2.45, 2.75) is 124 Å². The minimum atomic E-state index is -0.722. The van der Waals surface area contributed by atoms with Crippen LogP contribution in [0.2, 0.25) is 0 Å². The standard InChI is InChI=1S/C31H50O4/c1-19(9-12-25-31(7,35-25)26(33)34-8)20-13-17-30(6)22-10-11-23-27(2,3)24(32)15-16-28(23,4)21(22)14-18-29(20,30)5/h14,19-20,22-25,32H,9-13,15-18H2,1-8H3. The summed E-state index contributed by atoms with van der Waals surface area (Å²) in [7, 11) is 1.45. The maximum Gasteiger partial charge on any atom is 0.340 e. The SMILES string of the molecule is COC(=O)C1(C)OC1CCC(C)C1CCC2(C)C3CCC4C(C)(CCC(O)C4(C)C)C3=CCC12C. The molecule has 3 saturated carbocycles. The Hall–Kier alpha value is -0.870. The van der Waals surface area contributed by atoms with Gasteiger partial charge in [0.1, 0.15) is 0 Å². The van der Waals surface area contributed by atoms with Crippen LogP contribution in [0.4, 0.5) is 0 Å². The molecule has 198 valence electrons. The Morgan fingerprint density at radius 3 is 2.49 bits per heavy atom. The molecule has 10 atom stereocenters. The number of epoxide rings is 1. The van der Waals surface area contributed by atoms with Crippen LogP contribution in [-0.2, 0) is 14.3 Å². The minimum absolute atomic E-state index is 0.00320. The predicted octanol–water partition coefficient (Wildman–Crippen LogP) is 6.70. The van der Waals surface area contributed by atoms with Gasteiger partial charge in [-0.1, -0.05) is 53.2 Å². The van der Waals surface area contributed by atoms with Crippen LogP contribution in [0.5, 0.6) is 0 Å². The van der Waals surface area contributed by atoms with Crippen LogP contribution in [-0.4, -0.2) is 36.0 Å². The lowest BCUT2D eigenvalue weighted by atomic mass is 9.41. The molecule has 0 amide bonds. The van der Waals surface area contributed by atoms with E-state index < -0.39 is 5.60 Å². The Balaban J connectivity index is 1.34. The van der Waals surface area contributed by atoms with Gasteiger partial charge in [-0.15, -0.1) is 0 Å². The van der Waals surface area contributed by atoms with Crippen molar-refractivity contribution in [1.29, 1.82) is 0 Å². The second-order valence-electron chi connectivity index (χ2n) is 14.6. The molecule has 1 aliphatic heterocycles. The van der Waals surface area contributed by atoms with Gasteiger partial charge in [0, 0.05) is 0 Å². The number of carbonyl (C=O) groups is 1. The molecule has 1 N–H and O–H groups in total. The van der Waals surface area contributed by atoms with Crippen LogP contribution in [0, 0.1) is 45.3 Å². The molecule has 4 fully saturated rings. The van der Waals surface area contributed by atoms with Gasteiger partial charge in [0.15, 0.2) is 5.60 Å². The lowest BCUT2D eigenvalue weighted by molar-refractivity contribution is -0.146. The highest BCUT2D eigenvalue weighted by molar-refractivity contribution is 5.82. The summed E-state index contributed by atoms with van der Waals surface area (Å²) in [6.07, 6.45) is 13.0. The normalized spacial score (nSPS) is 50.9. The van der Waals surface area contributed by atoms with Crippen LogP contribution < -0.4 is 0 Å². The van der Waals surface area contributed by atoms with E-state index in [1.54, 1.807) is 5.57 Å². The number of carbonyl (C=O) groups excluding carboxylic acids is 1. The summed E-state index contributed by atoms with van der Waals surface area (Å²) < 4.78 is 10.7. The molecule has 0 aromatic carbocycles. The number of hydrogen-bond donors (Lipinski definition) is 1. The number of hydrogen-bond acceptors (Lipinski definition) is 4. The smallest absolute Gasteiger partial charge is 0.340 e. The second kappa shape index (κ2) is 8.06. The first kappa shape index (κ1) is 25.8. The van der Waals surface area contributed by atoms with Gasteiger partial charge in [-0.3, -0.25) is 0 Å². The third kappa shape index (κ3) is 3.40. The molecule has 4 aliphatic carbocycles. The summed E-state index contributed by atoms with van der Waals surface area (Å²) in [5.74, 6) is 2.36. The van der Waals surface area contributed by atoms with Crippen LogP contribution >= 0.6 is 0 Å². The molecule has 4 nitrogen and oxygen atoms in total. The van der Waals surface area contributed by atoms with E-state index in [4.69, 9.17) is 9.47 Å². The molecular weight excluding hydrogens is 436 g/mol. The van der Waals surface area contributed by atoms with Crippen molar-refractivity contribution in [2.75, 3.05) is 7.11 Å². The van der Waals surface area contributed by atoms with E-state index in [-0.39, 0.29) is 29.0 Å². The molecule has 35 heavy (non-hydrogen) atoms. The molecule has 10 unspecified atom stereocenters. The third-order valence-corrected chi connectivity index (χ3v) is 13.0. The molecular formula is C31H50O4. The predicted molar refractivity (Wildman–Crippen MR) is 139 cm³/mol. The van der Waals surface area contributed by atoms with Crippen molar-refractivity contribution in [2.24, 2.45) is 45.3 Å². The number of ether oxygens (including phenoxy) is 2. The van der Waals surface area contributed by atoms with Gasteiger partial charge in [0.2, 0.25) is 0 Å². The molecule has 5 aliphatic rings. The molecule has 5 rings (SSSR count). The van der Waals surface area contributed by atoms with E-state index >= 15 is 0 Å². The molecule has 1 heterocycles. The lowest BCUT2D eigenvalue weighted by Crippen LogP contribution is -2.57. The third-order valence-electron chi connectivity index (χ3n) is 13.0. The van der Waals surface area contributed by atoms with Crippen molar-refractivity contribution < 1.29 is 19.4 Å². The van der Waals surface area contributed by atoms with Crippen molar-refractivity contribution in [1.82, 2.24) is 0 Å². The number of methoxy groups -OCH3 is 1. The Labute approximate surface area is 213 Å². The average Bonchev–Trinajstić information content (AvgIpc) is 3.39. The number of rotatable bonds is 5. The van der Waals surface area contributed by atoms with Crippen LogP contribution in [0.15, 0.2) is 11.6 Å². The molecule has 0 radical (unpaired) electrons. The fourth-order valence-electron chi connectivity index (χ4n) is 10.3. The summed E-state index contributed by atoms with van der Waals surface area (Å²) in [6, 6.07) is 0. The van der Waals surface area contributed by atoms with Gasteiger partial charge in [-0.05, 0) is 110 Å². The van der Waals surface area contributed by atoms with Crippen LogP contribution in [0.3, 0.4) is 0 Å². The van der Waals surface area contributed by atoms with Crippen molar-refractivity contribution >= 4 is 5.97 Å². The molecule has 0 spiro atoms. The van der Waals surface area contributed by atoms with Gasteiger partial charge in [-0.25, -0.2) is 4.79 Å². The molecule has 0 aromatic rings. The summed E-state index contributed by atoms with van der Waals surface area (Å²) in [5, 5.41) is 10.8. The zero-order chi connectivity index (χ0) is 25.6. The van der Waals surface area contributed by atoms with E-state index in [1.807, 2.05) is 6.92 Å². The van der Waals surface area contributed by atoms with Gasteiger partial charge in [-0.2, -0.15) is 0 Å². The Kier molecular flexibility index (Phi) is 5.94. The van der Waals surface area contributed by atoms with Gasteiger partial charge in [0.05, 0.1) is 19.3 Å². The minimum Gasteiger partial charge on any atom is -0.467 e. The summed E-state index contributed by atoms with van der Waals surface area (Å²) in [5.41, 5.74) is 1.94. The number of allylic oxidation sites excluding steroid dienone is 2. The fourth-order valence-corrected chi connectivity index (χ4v) is 10.3. The quantitative estimate of drug-likeness (QED) is 0.267. The topological polar surface area (TPSA) is 59.1 Å². The van der Waals surface area contributed by atoms with E-state index in [9.17, 15) is 9.90 Å². The molecule has 1 saturated heterocycles. The van der Waals surface area contributed by atoms with E-state index in [1.165, 1.54) is 39.2 Å². The van der Waals surface area contributed by atoms with E-state index in [0.717, 1.165) is 25.7 Å². The lowest BCUT2D eigenvalue weighted by Gasteiger charge is -2.64. The first-order valence-corrected chi connectivity index (χ1v) is 14.4. The monoisotopic (exact) mass is 486 g/mol. The maximum absolute atomic E-state index is 12.0. The summed E-state index contributed by atoms with van der Waals surface area (Å²) >= 11 is 0. The average molecular weight is 487 g/mol. The Bertz CT molecular complexity index is 908. The Morgan fingerprint density at radius 1 is 1.09 bits per heavy atom. The van der Waals surface area contributed by atoms with Gasteiger partial charge in [0.25, 0.3) is 0 Å². The highest BCUT2D eigenvalue weighted by Gasteiger charge is 2.65. The second-order valence-corrected chi connectivity index (χ2v) is 14.6. The zero-order valence-corrected chi connectivity index (χ0v) is 23.6. The molecule has 0 bridgehead atoms. The van der Waals surface area contributed by atoms with Crippen molar-refractivity contribution in [3.8, 4) is 0 Å². The number of aliphatic hydroxyl groups excluding tert-OH is 1.